The first-order valence-corrected chi connectivity index (χ1v) is 9.66. The van der Waals surface area contributed by atoms with Crippen molar-refractivity contribution in [1.82, 2.24) is 19.4 Å². The number of hydrogen-bond acceptors (Lipinski definition) is 3. The predicted octanol–water partition coefficient (Wildman–Crippen LogP) is 2.79. The van der Waals surface area contributed by atoms with Crippen molar-refractivity contribution in [2.45, 2.75) is 50.7 Å². The molecule has 4 rings (SSSR count). The second kappa shape index (κ2) is 7.23. The lowest BCUT2D eigenvalue weighted by molar-refractivity contribution is -0.131. The fourth-order valence-electron chi connectivity index (χ4n) is 4.84. The van der Waals surface area contributed by atoms with Crippen LogP contribution in [0.4, 0.5) is 0 Å². The summed E-state index contributed by atoms with van der Waals surface area (Å²) in [4.78, 5) is 21.5. The van der Waals surface area contributed by atoms with E-state index >= 15 is 0 Å². The predicted molar refractivity (Wildman–Crippen MR) is 102 cm³/mol. The standard InChI is InChI=1S/C21H28N4O/c1-16(26)25-11-7-6-10-20-21(25)19(17-8-4-3-5-9-17)14-24(20)13-18-12-22-15-23(18)2/h3-5,8-9,12,15,19-21H,6-7,10-11,13-14H2,1-2H3/t19-,20-,21-/m0/s1. The minimum atomic E-state index is 0.213. The van der Waals surface area contributed by atoms with Gasteiger partial charge in [-0.05, 0) is 18.4 Å². The van der Waals surface area contributed by atoms with E-state index in [-0.39, 0.29) is 11.9 Å². The second-order valence-electron chi connectivity index (χ2n) is 7.71. The first kappa shape index (κ1) is 17.3. The summed E-state index contributed by atoms with van der Waals surface area (Å²) >= 11 is 0. The Kier molecular flexibility index (Phi) is 4.81. The number of likely N-dealkylation sites (tertiary alicyclic amines) is 2. The molecule has 0 radical (unpaired) electrons. The van der Waals surface area contributed by atoms with Crippen LogP contribution in [0.5, 0.6) is 0 Å². The van der Waals surface area contributed by atoms with Gasteiger partial charge in [0.25, 0.3) is 0 Å². The van der Waals surface area contributed by atoms with E-state index in [1.54, 1.807) is 6.92 Å². The molecule has 0 saturated carbocycles. The van der Waals surface area contributed by atoms with E-state index in [0.29, 0.717) is 12.0 Å². The Labute approximate surface area is 155 Å². The van der Waals surface area contributed by atoms with Crippen molar-refractivity contribution in [1.29, 1.82) is 0 Å². The van der Waals surface area contributed by atoms with Gasteiger partial charge in [-0.25, -0.2) is 4.98 Å². The highest BCUT2D eigenvalue weighted by atomic mass is 16.2. The Bertz CT molecular complexity index is 756. The van der Waals surface area contributed by atoms with E-state index in [1.807, 2.05) is 12.5 Å². The average Bonchev–Trinajstić information content (AvgIpc) is 3.12. The number of aromatic nitrogens is 2. The van der Waals surface area contributed by atoms with Crippen LogP contribution in [-0.4, -0.2) is 50.4 Å². The van der Waals surface area contributed by atoms with Crippen LogP contribution in [-0.2, 0) is 18.4 Å². The van der Waals surface area contributed by atoms with Gasteiger partial charge in [-0.3, -0.25) is 9.69 Å². The number of fused-ring (bicyclic) bond motifs is 1. The number of rotatable bonds is 3. The zero-order valence-corrected chi connectivity index (χ0v) is 15.7. The van der Waals surface area contributed by atoms with Gasteiger partial charge in [0.05, 0.1) is 18.1 Å². The van der Waals surface area contributed by atoms with Crippen LogP contribution in [0.15, 0.2) is 42.9 Å². The number of carbonyl (C=O) groups excluding carboxylic acids is 1. The first-order chi connectivity index (χ1) is 12.6. The lowest BCUT2D eigenvalue weighted by Crippen LogP contribution is -2.47. The normalized spacial score (nSPS) is 26.5. The quantitative estimate of drug-likeness (QED) is 0.853. The number of imidazole rings is 1. The van der Waals surface area contributed by atoms with Crippen LogP contribution in [0.3, 0.4) is 0 Å². The smallest absolute Gasteiger partial charge is 0.219 e. The number of carbonyl (C=O) groups is 1. The van der Waals surface area contributed by atoms with Crippen LogP contribution in [0.2, 0.25) is 0 Å². The monoisotopic (exact) mass is 352 g/mol. The molecule has 0 spiro atoms. The van der Waals surface area contributed by atoms with E-state index in [4.69, 9.17) is 0 Å². The van der Waals surface area contributed by atoms with Crippen LogP contribution in [0, 0.1) is 0 Å². The molecule has 3 atom stereocenters. The summed E-state index contributed by atoms with van der Waals surface area (Å²) in [6.07, 6.45) is 7.29. The van der Waals surface area contributed by atoms with Crippen molar-refractivity contribution in [2.75, 3.05) is 13.1 Å². The molecule has 0 bridgehead atoms. The first-order valence-electron chi connectivity index (χ1n) is 9.66. The summed E-state index contributed by atoms with van der Waals surface area (Å²) in [6.45, 7) is 4.51. The van der Waals surface area contributed by atoms with Gasteiger partial charge < -0.3 is 9.47 Å². The fourth-order valence-corrected chi connectivity index (χ4v) is 4.84. The van der Waals surface area contributed by atoms with Crippen LogP contribution in [0.1, 0.15) is 43.4 Å². The van der Waals surface area contributed by atoms with Crippen molar-refractivity contribution in [2.24, 2.45) is 7.05 Å². The van der Waals surface area contributed by atoms with Crippen LogP contribution >= 0.6 is 0 Å². The molecule has 1 aromatic heterocycles. The van der Waals surface area contributed by atoms with Gasteiger partial charge in [0.2, 0.25) is 5.91 Å². The SMILES string of the molecule is CC(=O)N1CCCC[C@H]2[C@@H]1[C@H](c1ccccc1)CN2Cc1cncn1C. The van der Waals surface area contributed by atoms with E-state index < -0.39 is 0 Å². The summed E-state index contributed by atoms with van der Waals surface area (Å²) in [6, 6.07) is 11.4. The number of nitrogens with zero attached hydrogens (tertiary/aromatic N) is 4. The zero-order chi connectivity index (χ0) is 18.1. The van der Waals surface area contributed by atoms with E-state index in [2.05, 4.69) is 56.7 Å². The molecule has 1 aromatic carbocycles. The largest absolute Gasteiger partial charge is 0.338 e. The molecule has 2 aliphatic heterocycles. The summed E-state index contributed by atoms with van der Waals surface area (Å²) in [5.74, 6) is 0.585. The van der Waals surface area contributed by atoms with Crippen molar-refractivity contribution in [3.05, 3.63) is 54.1 Å². The van der Waals surface area contributed by atoms with Gasteiger partial charge >= 0.3 is 0 Å². The molecule has 0 unspecified atom stereocenters. The number of aryl methyl sites for hydroxylation is 1. The zero-order valence-electron chi connectivity index (χ0n) is 15.7. The molecular weight excluding hydrogens is 324 g/mol. The van der Waals surface area contributed by atoms with E-state index in [9.17, 15) is 4.79 Å². The highest BCUT2D eigenvalue weighted by molar-refractivity contribution is 5.74. The van der Waals surface area contributed by atoms with Crippen molar-refractivity contribution in [3.63, 3.8) is 0 Å². The maximum atomic E-state index is 12.4. The summed E-state index contributed by atoms with van der Waals surface area (Å²) in [5.41, 5.74) is 2.58. The van der Waals surface area contributed by atoms with Gasteiger partial charge in [0.1, 0.15) is 0 Å². The molecule has 2 fully saturated rings. The minimum Gasteiger partial charge on any atom is -0.338 e. The minimum absolute atomic E-state index is 0.213. The Morgan fingerprint density at radius 2 is 2.04 bits per heavy atom. The topological polar surface area (TPSA) is 41.4 Å². The van der Waals surface area contributed by atoms with Gasteiger partial charge in [-0.15, -0.1) is 0 Å². The van der Waals surface area contributed by atoms with Gasteiger partial charge in [-0.2, -0.15) is 0 Å². The second-order valence-corrected chi connectivity index (χ2v) is 7.71. The number of hydrogen-bond donors (Lipinski definition) is 0. The summed E-state index contributed by atoms with van der Waals surface area (Å²) < 4.78 is 2.10. The van der Waals surface area contributed by atoms with Crippen molar-refractivity contribution < 1.29 is 4.79 Å². The average molecular weight is 352 g/mol. The molecule has 0 aliphatic carbocycles. The van der Waals surface area contributed by atoms with Gasteiger partial charge in [-0.1, -0.05) is 36.8 Å². The number of amides is 1. The lowest BCUT2D eigenvalue weighted by Gasteiger charge is -2.35. The molecule has 3 heterocycles. The highest BCUT2D eigenvalue weighted by Crippen LogP contribution is 2.40. The third-order valence-electron chi connectivity index (χ3n) is 6.13. The Balaban J connectivity index is 1.69. The fraction of sp³-hybridized carbons (Fsp3) is 0.524. The molecule has 5 heteroatoms. The highest BCUT2D eigenvalue weighted by Gasteiger charge is 2.46. The maximum Gasteiger partial charge on any atom is 0.219 e. The summed E-state index contributed by atoms with van der Waals surface area (Å²) in [5, 5.41) is 0. The Morgan fingerprint density at radius 3 is 2.73 bits per heavy atom. The van der Waals surface area contributed by atoms with E-state index in [0.717, 1.165) is 32.5 Å². The van der Waals surface area contributed by atoms with Crippen LogP contribution < -0.4 is 0 Å². The third-order valence-corrected chi connectivity index (χ3v) is 6.13. The Hall–Kier alpha value is -2.14. The molecular formula is C21H28N4O. The van der Waals surface area contributed by atoms with Gasteiger partial charge in [0.15, 0.2) is 0 Å². The van der Waals surface area contributed by atoms with Gasteiger partial charge in [0, 0.05) is 51.8 Å². The van der Waals surface area contributed by atoms with Crippen LogP contribution in [0.25, 0.3) is 0 Å². The number of benzene rings is 1. The maximum absolute atomic E-state index is 12.4. The summed E-state index contributed by atoms with van der Waals surface area (Å²) in [7, 11) is 2.06. The third kappa shape index (κ3) is 3.16. The molecule has 26 heavy (non-hydrogen) atoms. The molecule has 5 nitrogen and oxygen atoms in total. The van der Waals surface area contributed by atoms with E-state index in [1.165, 1.54) is 17.7 Å². The van der Waals surface area contributed by atoms with Crippen molar-refractivity contribution in [3.8, 4) is 0 Å². The molecule has 2 saturated heterocycles. The molecule has 138 valence electrons. The molecule has 2 aromatic rings. The van der Waals surface area contributed by atoms with Crippen molar-refractivity contribution >= 4 is 5.91 Å². The Morgan fingerprint density at radius 1 is 1.23 bits per heavy atom. The molecule has 2 aliphatic rings. The molecule has 1 amide bonds. The lowest BCUT2D eigenvalue weighted by atomic mass is 9.89. The molecule has 0 N–H and O–H groups in total.